The highest BCUT2D eigenvalue weighted by Crippen LogP contribution is 2.11. The largest absolute Gasteiger partial charge is 0.444 e. The van der Waals surface area contributed by atoms with Gasteiger partial charge in [0.25, 0.3) is 0 Å². The number of ether oxygens (including phenoxy) is 2. The summed E-state index contributed by atoms with van der Waals surface area (Å²) in [7, 11) is 0. The van der Waals surface area contributed by atoms with Gasteiger partial charge in [0.05, 0.1) is 0 Å². The SMILES string of the molecule is CCCC(CNC(=O)OC(C)(C)C)NC1CCCOCC1. The van der Waals surface area contributed by atoms with E-state index >= 15 is 0 Å². The Labute approximate surface area is 129 Å². The topological polar surface area (TPSA) is 59.6 Å². The van der Waals surface area contributed by atoms with Gasteiger partial charge in [-0.25, -0.2) is 4.79 Å². The van der Waals surface area contributed by atoms with Gasteiger partial charge in [-0.15, -0.1) is 0 Å². The summed E-state index contributed by atoms with van der Waals surface area (Å²) < 4.78 is 10.8. The lowest BCUT2D eigenvalue weighted by molar-refractivity contribution is 0.0520. The Balaban J connectivity index is 2.36. The molecule has 0 aliphatic carbocycles. The molecule has 1 amide bonds. The van der Waals surface area contributed by atoms with Crippen LogP contribution >= 0.6 is 0 Å². The van der Waals surface area contributed by atoms with Crippen LogP contribution in [0.4, 0.5) is 4.79 Å². The average molecular weight is 300 g/mol. The maximum absolute atomic E-state index is 11.7. The number of nitrogens with one attached hydrogen (secondary N) is 2. The van der Waals surface area contributed by atoms with Crippen molar-refractivity contribution in [1.29, 1.82) is 0 Å². The molecule has 5 heteroatoms. The van der Waals surface area contributed by atoms with Crippen LogP contribution in [0.3, 0.4) is 0 Å². The predicted octanol–water partition coefficient (Wildman–Crippen LogP) is 2.84. The van der Waals surface area contributed by atoms with Gasteiger partial charge in [-0.1, -0.05) is 13.3 Å². The Morgan fingerprint density at radius 3 is 2.76 bits per heavy atom. The third-order valence-electron chi connectivity index (χ3n) is 3.45. The molecule has 2 atom stereocenters. The van der Waals surface area contributed by atoms with Gasteiger partial charge in [0.15, 0.2) is 0 Å². The van der Waals surface area contributed by atoms with Gasteiger partial charge in [0, 0.05) is 31.8 Å². The molecule has 0 bridgehead atoms. The fourth-order valence-electron chi connectivity index (χ4n) is 2.52. The van der Waals surface area contributed by atoms with E-state index < -0.39 is 5.60 Å². The summed E-state index contributed by atoms with van der Waals surface area (Å²) in [6.45, 7) is 10.1. The number of alkyl carbamates (subject to hydrolysis) is 1. The molecule has 1 fully saturated rings. The van der Waals surface area contributed by atoms with Crippen LogP contribution in [-0.4, -0.2) is 43.5 Å². The molecule has 1 rings (SSSR count). The van der Waals surface area contributed by atoms with Crippen molar-refractivity contribution >= 4 is 6.09 Å². The second kappa shape index (κ2) is 9.26. The number of rotatable bonds is 6. The summed E-state index contributed by atoms with van der Waals surface area (Å²) in [6.07, 6.45) is 5.11. The van der Waals surface area contributed by atoms with E-state index in [0.29, 0.717) is 18.6 Å². The Morgan fingerprint density at radius 2 is 2.10 bits per heavy atom. The standard InChI is InChI=1S/C16H32N2O3/c1-5-7-14(12-17-15(19)21-16(2,3)4)18-13-8-6-10-20-11-9-13/h13-14,18H,5-12H2,1-4H3,(H,17,19). The van der Waals surface area contributed by atoms with Crippen molar-refractivity contribution in [3.63, 3.8) is 0 Å². The number of hydrogen-bond donors (Lipinski definition) is 2. The lowest BCUT2D eigenvalue weighted by Gasteiger charge is -2.26. The predicted molar refractivity (Wildman–Crippen MR) is 84.5 cm³/mol. The van der Waals surface area contributed by atoms with Crippen LogP contribution < -0.4 is 10.6 Å². The van der Waals surface area contributed by atoms with Crippen molar-refractivity contribution in [2.24, 2.45) is 0 Å². The van der Waals surface area contributed by atoms with Gasteiger partial charge in [0.1, 0.15) is 5.60 Å². The van der Waals surface area contributed by atoms with Crippen molar-refractivity contribution < 1.29 is 14.3 Å². The molecular weight excluding hydrogens is 268 g/mol. The lowest BCUT2D eigenvalue weighted by atomic mass is 10.1. The quantitative estimate of drug-likeness (QED) is 0.792. The Kier molecular flexibility index (Phi) is 8.04. The first-order valence-corrected chi connectivity index (χ1v) is 8.21. The molecule has 124 valence electrons. The van der Waals surface area contributed by atoms with Gasteiger partial charge in [-0.05, 0) is 46.5 Å². The van der Waals surface area contributed by atoms with E-state index in [0.717, 1.165) is 45.3 Å². The first-order chi connectivity index (χ1) is 9.90. The van der Waals surface area contributed by atoms with E-state index in [2.05, 4.69) is 17.6 Å². The van der Waals surface area contributed by atoms with Gasteiger partial charge in [-0.2, -0.15) is 0 Å². The van der Waals surface area contributed by atoms with Crippen LogP contribution in [-0.2, 0) is 9.47 Å². The highest BCUT2D eigenvalue weighted by atomic mass is 16.6. The van der Waals surface area contributed by atoms with Gasteiger partial charge in [-0.3, -0.25) is 0 Å². The summed E-state index contributed by atoms with van der Waals surface area (Å²) >= 11 is 0. The Morgan fingerprint density at radius 1 is 1.33 bits per heavy atom. The fourth-order valence-corrected chi connectivity index (χ4v) is 2.52. The maximum Gasteiger partial charge on any atom is 0.407 e. The maximum atomic E-state index is 11.7. The minimum absolute atomic E-state index is 0.297. The van der Waals surface area contributed by atoms with Crippen molar-refractivity contribution in [3.8, 4) is 0 Å². The molecule has 0 saturated carbocycles. The summed E-state index contributed by atoms with van der Waals surface area (Å²) in [5.74, 6) is 0. The zero-order chi connectivity index (χ0) is 15.7. The van der Waals surface area contributed by atoms with Crippen molar-refractivity contribution in [1.82, 2.24) is 10.6 Å². The van der Waals surface area contributed by atoms with E-state index in [1.165, 1.54) is 0 Å². The van der Waals surface area contributed by atoms with Gasteiger partial charge in [0.2, 0.25) is 0 Å². The number of hydrogen-bond acceptors (Lipinski definition) is 4. The molecule has 0 aromatic heterocycles. The molecule has 2 unspecified atom stereocenters. The van der Waals surface area contributed by atoms with E-state index in [1.807, 2.05) is 20.8 Å². The summed E-state index contributed by atoms with van der Waals surface area (Å²) in [4.78, 5) is 11.7. The second-order valence-corrected chi connectivity index (χ2v) is 6.78. The minimum Gasteiger partial charge on any atom is -0.444 e. The third-order valence-corrected chi connectivity index (χ3v) is 3.45. The van der Waals surface area contributed by atoms with Crippen molar-refractivity contribution in [3.05, 3.63) is 0 Å². The highest BCUT2D eigenvalue weighted by molar-refractivity contribution is 5.67. The first-order valence-electron chi connectivity index (χ1n) is 8.21. The zero-order valence-corrected chi connectivity index (χ0v) is 14.0. The Bertz CT molecular complexity index is 294. The van der Waals surface area contributed by atoms with Crippen LogP contribution in [0.5, 0.6) is 0 Å². The van der Waals surface area contributed by atoms with Crippen LogP contribution in [0.1, 0.15) is 59.8 Å². The molecule has 0 spiro atoms. The Hall–Kier alpha value is -0.810. The first kappa shape index (κ1) is 18.2. The van der Waals surface area contributed by atoms with E-state index in [9.17, 15) is 4.79 Å². The zero-order valence-electron chi connectivity index (χ0n) is 14.0. The number of carbonyl (C=O) groups is 1. The summed E-state index contributed by atoms with van der Waals surface area (Å²) in [5, 5.41) is 6.54. The lowest BCUT2D eigenvalue weighted by Crippen LogP contribution is -2.46. The fraction of sp³-hybridized carbons (Fsp3) is 0.938. The molecule has 0 aromatic carbocycles. The highest BCUT2D eigenvalue weighted by Gasteiger charge is 2.19. The average Bonchev–Trinajstić information content (AvgIpc) is 2.63. The van der Waals surface area contributed by atoms with Gasteiger partial charge < -0.3 is 20.1 Å². The molecule has 5 nitrogen and oxygen atoms in total. The molecule has 2 N–H and O–H groups in total. The molecule has 0 aromatic rings. The van der Waals surface area contributed by atoms with Crippen LogP contribution in [0.25, 0.3) is 0 Å². The van der Waals surface area contributed by atoms with Gasteiger partial charge >= 0.3 is 6.09 Å². The molecule has 1 heterocycles. The summed E-state index contributed by atoms with van der Waals surface area (Å²) in [6, 6.07) is 0.787. The normalized spacial score (nSPS) is 21.4. The number of amides is 1. The third kappa shape index (κ3) is 8.94. The van der Waals surface area contributed by atoms with E-state index in [4.69, 9.17) is 9.47 Å². The smallest absolute Gasteiger partial charge is 0.407 e. The molecule has 1 aliphatic heterocycles. The van der Waals surface area contributed by atoms with E-state index in [1.54, 1.807) is 0 Å². The molecule has 21 heavy (non-hydrogen) atoms. The van der Waals surface area contributed by atoms with Crippen LogP contribution in [0, 0.1) is 0 Å². The second-order valence-electron chi connectivity index (χ2n) is 6.78. The molecule has 0 radical (unpaired) electrons. The monoisotopic (exact) mass is 300 g/mol. The number of carbonyl (C=O) groups excluding carboxylic acids is 1. The molecule has 1 saturated heterocycles. The van der Waals surface area contributed by atoms with Crippen LogP contribution in [0.2, 0.25) is 0 Å². The molecule has 1 aliphatic rings. The minimum atomic E-state index is -0.448. The van der Waals surface area contributed by atoms with Crippen LogP contribution in [0.15, 0.2) is 0 Å². The van der Waals surface area contributed by atoms with Crippen molar-refractivity contribution in [2.45, 2.75) is 77.5 Å². The summed E-state index contributed by atoms with van der Waals surface area (Å²) in [5.41, 5.74) is -0.448. The molecular formula is C16H32N2O3. The van der Waals surface area contributed by atoms with Crippen molar-refractivity contribution in [2.75, 3.05) is 19.8 Å². The van der Waals surface area contributed by atoms with E-state index in [-0.39, 0.29) is 6.09 Å².